The van der Waals surface area contributed by atoms with Crippen LogP contribution in [-0.2, 0) is 23.7 Å². The number of hydrogen-bond acceptors (Lipinski definition) is 5. The topological polar surface area (TPSA) is 46.2 Å². The van der Waals surface area contributed by atoms with E-state index >= 15 is 0 Å². The van der Waals surface area contributed by atoms with Crippen LogP contribution in [-0.4, -0.2) is 38.4 Å². The van der Waals surface area contributed by atoms with Gasteiger partial charge < -0.3 is 23.7 Å². The Morgan fingerprint density at radius 1 is 0.529 bits per heavy atom. The van der Waals surface area contributed by atoms with Gasteiger partial charge in [0.2, 0.25) is 0 Å². The van der Waals surface area contributed by atoms with Crippen molar-refractivity contribution in [2.75, 3.05) is 13.2 Å². The van der Waals surface area contributed by atoms with E-state index in [0.29, 0.717) is 35.5 Å². The third kappa shape index (κ3) is 0.788. The summed E-state index contributed by atoms with van der Waals surface area (Å²) in [4.78, 5) is 0. The summed E-state index contributed by atoms with van der Waals surface area (Å²) in [7, 11) is 0. The molecule has 5 heteroatoms. The van der Waals surface area contributed by atoms with Crippen molar-refractivity contribution >= 4 is 0 Å². The molecule has 1 aliphatic carbocycles. The minimum absolute atomic E-state index is 0.0310. The van der Waals surface area contributed by atoms with Crippen molar-refractivity contribution in [3.05, 3.63) is 0 Å². The average Bonchev–Trinajstić information content (AvgIpc) is 3.00. The zero-order valence-electron chi connectivity index (χ0n) is 9.23. The van der Waals surface area contributed by atoms with Crippen LogP contribution in [0.4, 0.5) is 0 Å². The highest BCUT2D eigenvalue weighted by Gasteiger charge is 2.73. The smallest absolute Gasteiger partial charge is 0.167 e. The number of ether oxygens (including phenoxy) is 5. The fourth-order valence-corrected chi connectivity index (χ4v) is 5.33. The van der Waals surface area contributed by atoms with Crippen molar-refractivity contribution in [1.29, 1.82) is 0 Å². The van der Waals surface area contributed by atoms with Crippen LogP contribution in [0.2, 0.25) is 0 Å². The van der Waals surface area contributed by atoms with E-state index in [0.717, 1.165) is 13.2 Å². The second-order valence-corrected chi connectivity index (χ2v) is 6.19. The van der Waals surface area contributed by atoms with E-state index in [4.69, 9.17) is 23.7 Å². The summed E-state index contributed by atoms with van der Waals surface area (Å²) in [6.07, 6.45) is -0.247. The highest BCUT2D eigenvalue weighted by Crippen LogP contribution is 2.66. The summed E-state index contributed by atoms with van der Waals surface area (Å²) in [5, 5.41) is 0. The SMILES string of the molecule is C1OC2OC3OC4OC5OCC6C1C2C3C4C56. The van der Waals surface area contributed by atoms with E-state index in [1.165, 1.54) is 0 Å². The second-order valence-electron chi connectivity index (χ2n) is 6.19. The van der Waals surface area contributed by atoms with E-state index in [1.807, 2.05) is 0 Å². The Morgan fingerprint density at radius 3 is 1.53 bits per heavy atom. The van der Waals surface area contributed by atoms with Crippen molar-refractivity contribution in [3.8, 4) is 0 Å². The Labute approximate surface area is 98.3 Å². The van der Waals surface area contributed by atoms with E-state index in [9.17, 15) is 0 Å². The minimum atomic E-state index is -0.0923. The molecule has 0 aromatic rings. The molecule has 0 radical (unpaired) electrons. The summed E-state index contributed by atoms with van der Waals surface area (Å²) in [6, 6.07) is 0. The van der Waals surface area contributed by atoms with Gasteiger partial charge in [-0.1, -0.05) is 0 Å². The molecule has 5 saturated heterocycles. The van der Waals surface area contributed by atoms with Crippen LogP contribution in [0, 0.1) is 35.5 Å². The van der Waals surface area contributed by atoms with Crippen molar-refractivity contribution in [1.82, 2.24) is 0 Å². The van der Waals surface area contributed by atoms with Crippen LogP contribution < -0.4 is 0 Å². The fourth-order valence-electron chi connectivity index (χ4n) is 5.33. The largest absolute Gasteiger partial charge is 0.352 e. The fraction of sp³-hybridized carbons (Fsp3) is 1.00. The van der Waals surface area contributed by atoms with Gasteiger partial charge in [0, 0.05) is 23.7 Å². The third-order valence-corrected chi connectivity index (χ3v) is 5.84. The Hall–Kier alpha value is -0.200. The van der Waals surface area contributed by atoms with Gasteiger partial charge in [-0.2, -0.15) is 0 Å². The van der Waals surface area contributed by atoms with E-state index in [-0.39, 0.29) is 25.2 Å². The third-order valence-electron chi connectivity index (χ3n) is 5.84. The zero-order chi connectivity index (χ0) is 10.7. The standard InChI is InChI=1S/C12H14O5/c1-3-4-2-14-10-6(4)8-7-5(3)9(13-1)15-11(7)17-12(8)16-10/h3-12H,1-2H2. The molecule has 17 heavy (non-hydrogen) atoms. The molecule has 92 valence electrons. The molecule has 10 unspecified atom stereocenters. The van der Waals surface area contributed by atoms with Crippen molar-refractivity contribution in [2.45, 2.75) is 25.2 Å². The first kappa shape index (κ1) is 8.82. The molecule has 0 spiro atoms. The highest BCUT2D eigenvalue weighted by molar-refractivity contribution is 5.11. The second kappa shape index (κ2) is 2.56. The molecular formula is C12H14O5. The van der Waals surface area contributed by atoms with Gasteiger partial charge in [0.05, 0.1) is 13.2 Å². The molecule has 1 saturated carbocycles. The van der Waals surface area contributed by atoms with Gasteiger partial charge in [-0.25, -0.2) is 0 Å². The van der Waals surface area contributed by atoms with Crippen LogP contribution in [0.3, 0.4) is 0 Å². The number of hydrogen-bond donors (Lipinski definition) is 0. The van der Waals surface area contributed by atoms with Crippen molar-refractivity contribution < 1.29 is 23.7 Å². The maximum absolute atomic E-state index is 5.89. The molecule has 0 N–H and O–H groups in total. The van der Waals surface area contributed by atoms with E-state index in [1.54, 1.807) is 0 Å². The first-order chi connectivity index (χ1) is 8.42. The molecule has 6 aliphatic rings. The molecule has 5 heterocycles. The summed E-state index contributed by atoms with van der Waals surface area (Å²) in [6.45, 7) is 1.65. The first-order valence-electron chi connectivity index (χ1n) is 6.61. The van der Waals surface area contributed by atoms with Crippen LogP contribution in [0.15, 0.2) is 0 Å². The molecule has 10 atom stereocenters. The lowest BCUT2D eigenvalue weighted by Crippen LogP contribution is -2.44. The normalized spacial score (nSPS) is 73.4. The number of fused-ring (bicyclic) bond motifs is 1. The predicted molar refractivity (Wildman–Crippen MR) is 51.3 cm³/mol. The number of rotatable bonds is 0. The van der Waals surface area contributed by atoms with E-state index < -0.39 is 0 Å². The van der Waals surface area contributed by atoms with Crippen molar-refractivity contribution in [2.24, 2.45) is 35.5 Å². The molecule has 5 nitrogen and oxygen atoms in total. The Kier molecular flexibility index (Phi) is 1.33. The molecular weight excluding hydrogens is 224 g/mol. The predicted octanol–water partition coefficient (Wildman–Crippen LogP) is 0.153. The maximum Gasteiger partial charge on any atom is 0.167 e. The average molecular weight is 238 g/mol. The van der Waals surface area contributed by atoms with Gasteiger partial charge in [0.25, 0.3) is 0 Å². The molecule has 6 fully saturated rings. The summed E-state index contributed by atoms with van der Waals surface area (Å²) in [5.74, 6) is 3.16. The molecule has 0 aromatic carbocycles. The first-order valence-corrected chi connectivity index (χ1v) is 6.61. The molecule has 0 bridgehead atoms. The van der Waals surface area contributed by atoms with Crippen LogP contribution in [0.5, 0.6) is 0 Å². The molecule has 0 aromatic heterocycles. The minimum Gasteiger partial charge on any atom is -0.352 e. The summed E-state index contributed by atoms with van der Waals surface area (Å²) in [5.41, 5.74) is 0. The van der Waals surface area contributed by atoms with Crippen molar-refractivity contribution in [3.63, 3.8) is 0 Å². The molecule has 0 amide bonds. The summed E-state index contributed by atoms with van der Waals surface area (Å²) >= 11 is 0. The van der Waals surface area contributed by atoms with Gasteiger partial charge in [-0.3, -0.25) is 0 Å². The lowest BCUT2D eigenvalue weighted by Gasteiger charge is -2.38. The lowest BCUT2D eigenvalue weighted by molar-refractivity contribution is -0.261. The van der Waals surface area contributed by atoms with Crippen LogP contribution in [0.25, 0.3) is 0 Å². The van der Waals surface area contributed by atoms with Crippen LogP contribution >= 0.6 is 0 Å². The monoisotopic (exact) mass is 238 g/mol. The lowest BCUT2D eigenvalue weighted by atomic mass is 9.60. The molecule has 6 rings (SSSR count). The quantitative estimate of drug-likeness (QED) is 0.601. The Bertz CT molecular complexity index is 364. The Balaban J connectivity index is 1.56. The van der Waals surface area contributed by atoms with Crippen LogP contribution in [0.1, 0.15) is 0 Å². The molecule has 5 aliphatic heterocycles. The maximum atomic E-state index is 5.89. The highest BCUT2D eigenvalue weighted by atomic mass is 16.8. The van der Waals surface area contributed by atoms with Gasteiger partial charge in [0.15, 0.2) is 25.2 Å². The zero-order valence-corrected chi connectivity index (χ0v) is 9.23. The van der Waals surface area contributed by atoms with E-state index in [2.05, 4.69) is 0 Å². The van der Waals surface area contributed by atoms with Gasteiger partial charge in [-0.15, -0.1) is 0 Å². The van der Waals surface area contributed by atoms with Gasteiger partial charge in [-0.05, 0) is 11.8 Å². The summed E-state index contributed by atoms with van der Waals surface area (Å²) < 4.78 is 29.3. The van der Waals surface area contributed by atoms with Gasteiger partial charge >= 0.3 is 0 Å². The van der Waals surface area contributed by atoms with Gasteiger partial charge in [0.1, 0.15) is 0 Å². The Morgan fingerprint density at radius 2 is 1.00 bits per heavy atom.